The second kappa shape index (κ2) is 54.7. The molecule has 6 heteroatoms. The van der Waals surface area contributed by atoms with Gasteiger partial charge in [-0.3, -0.25) is 14.4 Å². The minimum Gasteiger partial charge on any atom is -0.462 e. The van der Waals surface area contributed by atoms with Crippen molar-refractivity contribution in [3.63, 3.8) is 0 Å². The first-order valence-electron chi connectivity index (χ1n) is 27.4. The van der Waals surface area contributed by atoms with Gasteiger partial charge >= 0.3 is 17.9 Å². The molecule has 6 nitrogen and oxygen atoms in total. The molecule has 0 amide bonds. The molecule has 0 bridgehead atoms. The van der Waals surface area contributed by atoms with Crippen molar-refractivity contribution in [2.45, 2.75) is 245 Å². The van der Waals surface area contributed by atoms with Gasteiger partial charge in [0, 0.05) is 19.3 Å². The average molecular weight is 929 g/mol. The van der Waals surface area contributed by atoms with Crippen molar-refractivity contribution in [3.05, 3.63) is 109 Å². The fourth-order valence-electron chi connectivity index (χ4n) is 7.13. The largest absolute Gasteiger partial charge is 0.462 e. The number of rotatable bonds is 48. The van der Waals surface area contributed by atoms with E-state index in [-0.39, 0.29) is 37.5 Å². The Hall–Kier alpha value is -3.93. The van der Waals surface area contributed by atoms with E-state index in [2.05, 4.69) is 130 Å². The Morgan fingerprint density at radius 1 is 0.313 bits per heavy atom. The molecule has 67 heavy (non-hydrogen) atoms. The number of allylic oxidation sites excluding steroid dienone is 18. The van der Waals surface area contributed by atoms with Crippen molar-refractivity contribution >= 4 is 17.9 Å². The predicted molar refractivity (Wildman–Crippen MR) is 288 cm³/mol. The molecule has 0 aromatic rings. The summed E-state index contributed by atoms with van der Waals surface area (Å²) in [6, 6.07) is 0. The molecule has 0 aromatic carbocycles. The maximum Gasteiger partial charge on any atom is 0.306 e. The molecule has 0 fully saturated rings. The summed E-state index contributed by atoms with van der Waals surface area (Å²) < 4.78 is 16.8. The van der Waals surface area contributed by atoms with Crippen LogP contribution in [-0.4, -0.2) is 37.2 Å². The Labute approximate surface area is 412 Å². The summed E-state index contributed by atoms with van der Waals surface area (Å²) in [5, 5.41) is 0. The van der Waals surface area contributed by atoms with E-state index in [4.69, 9.17) is 14.2 Å². The Morgan fingerprint density at radius 2 is 0.597 bits per heavy atom. The SMILES string of the molecule is CC/C=C\C/C=C\C/C=C\C/C=C\CCCCCCCCC(=O)OCC(COC(=O)CCCCC/C=C\CCCCCCCC)OC(=O)CCC/C=C\C/C=C\C/C=C\C/C=C\CCCCC. The van der Waals surface area contributed by atoms with E-state index in [9.17, 15) is 14.4 Å². The summed E-state index contributed by atoms with van der Waals surface area (Å²) in [5.41, 5.74) is 0. The zero-order valence-corrected chi connectivity index (χ0v) is 43.4. The number of unbranched alkanes of at least 4 members (excludes halogenated alkanes) is 19. The number of carbonyl (C=O) groups excluding carboxylic acids is 3. The van der Waals surface area contributed by atoms with E-state index >= 15 is 0 Å². The zero-order valence-electron chi connectivity index (χ0n) is 43.4. The van der Waals surface area contributed by atoms with Crippen LogP contribution >= 0.6 is 0 Å². The number of esters is 3. The molecule has 0 N–H and O–H groups in total. The molecule has 0 spiro atoms. The molecule has 0 aliphatic carbocycles. The van der Waals surface area contributed by atoms with Gasteiger partial charge in [-0.25, -0.2) is 0 Å². The highest BCUT2D eigenvalue weighted by Gasteiger charge is 2.19. The van der Waals surface area contributed by atoms with Crippen molar-refractivity contribution in [2.75, 3.05) is 13.2 Å². The highest BCUT2D eigenvalue weighted by atomic mass is 16.6. The Morgan fingerprint density at radius 3 is 1.01 bits per heavy atom. The van der Waals surface area contributed by atoms with Crippen LogP contribution in [0.5, 0.6) is 0 Å². The molecule has 0 heterocycles. The van der Waals surface area contributed by atoms with Gasteiger partial charge in [0.2, 0.25) is 0 Å². The maximum absolute atomic E-state index is 12.8. The third-order valence-electron chi connectivity index (χ3n) is 11.2. The van der Waals surface area contributed by atoms with Gasteiger partial charge < -0.3 is 14.2 Å². The molecular formula is C61H100O6. The molecule has 0 saturated carbocycles. The van der Waals surface area contributed by atoms with E-state index in [0.29, 0.717) is 19.3 Å². The van der Waals surface area contributed by atoms with E-state index in [1.807, 2.05) is 0 Å². The van der Waals surface area contributed by atoms with Gasteiger partial charge in [-0.05, 0) is 122 Å². The molecule has 1 unspecified atom stereocenters. The molecule has 0 aliphatic rings. The Bertz CT molecular complexity index is 1390. The molecule has 0 aromatic heterocycles. The smallest absolute Gasteiger partial charge is 0.306 e. The van der Waals surface area contributed by atoms with E-state index in [1.165, 1.54) is 77.0 Å². The third kappa shape index (κ3) is 52.9. The van der Waals surface area contributed by atoms with Crippen molar-refractivity contribution in [2.24, 2.45) is 0 Å². The van der Waals surface area contributed by atoms with E-state index in [1.54, 1.807) is 0 Å². The zero-order chi connectivity index (χ0) is 48.6. The fraction of sp³-hybridized carbons (Fsp3) is 0.656. The first kappa shape index (κ1) is 63.1. The lowest BCUT2D eigenvalue weighted by atomic mass is 10.1. The van der Waals surface area contributed by atoms with Crippen LogP contribution in [0.1, 0.15) is 239 Å². The quantitative estimate of drug-likeness (QED) is 0.0262. The summed E-state index contributed by atoms with van der Waals surface area (Å²) in [6.07, 6.45) is 73.6. The summed E-state index contributed by atoms with van der Waals surface area (Å²) in [4.78, 5) is 38.1. The van der Waals surface area contributed by atoms with Crippen molar-refractivity contribution in [3.8, 4) is 0 Å². The van der Waals surface area contributed by atoms with Gasteiger partial charge in [-0.15, -0.1) is 0 Å². The monoisotopic (exact) mass is 929 g/mol. The standard InChI is InChI=1S/C61H100O6/c1-4-7-10-13-16-19-22-25-27-29-30-32-33-36-39-42-45-48-51-54-60(63)66-57-58(56-65-59(62)53-50-47-44-41-38-35-24-21-18-15-12-9-6-3)67-61(64)55-52-49-46-43-40-37-34-31-28-26-23-20-17-14-11-8-5-2/h7,10,16-17,19-20,25-28,30,32,34-35,37-38,43,46,58H,4-6,8-9,11-15,18,21-24,29,31,33,36,39-42,44-45,47-57H2,1-3H3/b10-7-,19-16-,20-17-,27-25-,28-26-,32-30-,37-34-,38-35-,46-43-. The number of hydrogen-bond acceptors (Lipinski definition) is 6. The molecule has 1 atom stereocenters. The van der Waals surface area contributed by atoms with Crippen LogP contribution in [0.2, 0.25) is 0 Å². The molecule has 0 saturated heterocycles. The van der Waals surface area contributed by atoms with Crippen LogP contribution in [0.25, 0.3) is 0 Å². The average Bonchev–Trinajstić information content (AvgIpc) is 3.33. The van der Waals surface area contributed by atoms with E-state index in [0.717, 1.165) is 116 Å². The molecule has 380 valence electrons. The Kier molecular flexibility index (Phi) is 51.5. The lowest BCUT2D eigenvalue weighted by molar-refractivity contribution is -0.167. The van der Waals surface area contributed by atoms with Crippen molar-refractivity contribution in [1.82, 2.24) is 0 Å². The number of carbonyl (C=O) groups is 3. The lowest BCUT2D eigenvalue weighted by Crippen LogP contribution is -2.30. The van der Waals surface area contributed by atoms with Crippen LogP contribution in [0, 0.1) is 0 Å². The highest BCUT2D eigenvalue weighted by molar-refractivity contribution is 5.71. The van der Waals surface area contributed by atoms with Crippen LogP contribution in [0.4, 0.5) is 0 Å². The van der Waals surface area contributed by atoms with Crippen molar-refractivity contribution in [1.29, 1.82) is 0 Å². The second-order valence-electron chi connectivity index (χ2n) is 17.7. The number of hydrogen-bond donors (Lipinski definition) is 0. The van der Waals surface area contributed by atoms with Gasteiger partial charge in [0.1, 0.15) is 13.2 Å². The molecular weight excluding hydrogens is 829 g/mol. The van der Waals surface area contributed by atoms with Crippen LogP contribution in [-0.2, 0) is 28.6 Å². The maximum atomic E-state index is 12.8. The first-order chi connectivity index (χ1) is 33.0. The minimum atomic E-state index is -0.820. The Balaban J connectivity index is 4.52. The second-order valence-corrected chi connectivity index (χ2v) is 17.7. The summed E-state index contributed by atoms with van der Waals surface area (Å²) in [6.45, 7) is 6.41. The van der Waals surface area contributed by atoms with Gasteiger partial charge in [-0.2, -0.15) is 0 Å². The predicted octanol–water partition coefficient (Wildman–Crippen LogP) is 18.3. The fourth-order valence-corrected chi connectivity index (χ4v) is 7.13. The first-order valence-corrected chi connectivity index (χ1v) is 27.4. The third-order valence-corrected chi connectivity index (χ3v) is 11.2. The van der Waals surface area contributed by atoms with Gasteiger partial charge in [-0.1, -0.05) is 207 Å². The van der Waals surface area contributed by atoms with Crippen LogP contribution in [0.15, 0.2) is 109 Å². The van der Waals surface area contributed by atoms with E-state index < -0.39 is 6.10 Å². The molecule has 0 radical (unpaired) electrons. The number of ether oxygens (including phenoxy) is 3. The minimum absolute atomic E-state index is 0.114. The van der Waals surface area contributed by atoms with Gasteiger partial charge in [0.25, 0.3) is 0 Å². The summed E-state index contributed by atoms with van der Waals surface area (Å²) >= 11 is 0. The van der Waals surface area contributed by atoms with Crippen LogP contribution in [0.3, 0.4) is 0 Å². The van der Waals surface area contributed by atoms with Crippen LogP contribution < -0.4 is 0 Å². The van der Waals surface area contributed by atoms with Gasteiger partial charge in [0.05, 0.1) is 0 Å². The lowest BCUT2D eigenvalue weighted by Gasteiger charge is -2.18. The highest BCUT2D eigenvalue weighted by Crippen LogP contribution is 2.13. The topological polar surface area (TPSA) is 78.9 Å². The van der Waals surface area contributed by atoms with Gasteiger partial charge in [0.15, 0.2) is 6.10 Å². The molecule has 0 aliphatic heterocycles. The summed E-state index contributed by atoms with van der Waals surface area (Å²) in [7, 11) is 0. The van der Waals surface area contributed by atoms with Crippen molar-refractivity contribution < 1.29 is 28.6 Å². The summed E-state index contributed by atoms with van der Waals surface area (Å²) in [5.74, 6) is -1.00. The molecule has 0 rings (SSSR count). The normalized spacial score (nSPS) is 12.9.